The van der Waals surface area contributed by atoms with Crippen molar-refractivity contribution in [1.82, 2.24) is 5.32 Å². The Bertz CT molecular complexity index is 217. The zero-order valence-corrected chi connectivity index (χ0v) is 9.95. The maximum Gasteiger partial charge on any atom is 0.0815 e. The van der Waals surface area contributed by atoms with E-state index in [1.165, 1.54) is 12.8 Å². The van der Waals surface area contributed by atoms with Gasteiger partial charge in [0, 0.05) is 44.7 Å². The van der Waals surface area contributed by atoms with Crippen LogP contribution in [-0.2, 0) is 4.74 Å². The minimum Gasteiger partial charge on any atom is -0.388 e. The van der Waals surface area contributed by atoms with Crippen molar-refractivity contribution < 1.29 is 9.84 Å². The monoisotopic (exact) mass is 228 g/mol. The second-order valence-electron chi connectivity index (χ2n) is 5.34. The van der Waals surface area contributed by atoms with Crippen molar-refractivity contribution in [3.63, 3.8) is 0 Å². The summed E-state index contributed by atoms with van der Waals surface area (Å²) in [5.41, 5.74) is 5.39. The molecule has 2 rings (SSSR count). The molecular weight excluding hydrogens is 204 g/mol. The summed E-state index contributed by atoms with van der Waals surface area (Å²) < 4.78 is 5.27. The van der Waals surface area contributed by atoms with E-state index in [0.717, 1.165) is 25.7 Å². The molecule has 94 valence electrons. The van der Waals surface area contributed by atoms with Crippen molar-refractivity contribution in [3.8, 4) is 0 Å². The number of nitrogens with two attached hydrogens (primary N) is 1. The number of hydrogen-bond acceptors (Lipinski definition) is 4. The molecule has 2 unspecified atom stereocenters. The first-order chi connectivity index (χ1) is 7.68. The van der Waals surface area contributed by atoms with Crippen LogP contribution in [0.2, 0.25) is 0 Å². The molecular formula is C12H24N2O2. The maximum atomic E-state index is 10.3. The molecule has 0 bridgehead atoms. The Morgan fingerprint density at radius 1 is 1.31 bits per heavy atom. The lowest BCUT2D eigenvalue weighted by Gasteiger charge is -2.35. The average Bonchev–Trinajstić information content (AvgIpc) is 2.28. The number of aliphatic hydroxyl groups is 1. The van der Waals surface area contributed by atoms with Gasteiger partial charge in [-0.25, -0.2) is 0 Å². The van der Waals surface area contributed by atoms with Crippen LogP contribution in [0, 0.1) is 0 Å². The predicted octanol–water partition coefficient (Wildman–Crippen LogP) is 0.387. The highest BCUT2D eigenvalue weighted by molar-refractivity contribution is 4.87. The van der Waals surface area contributed by atoms with Crippen molar-refractivity contribution >= 4 is 0 Å². The van der Waals surface area contributed by atoms with E-state index < -0.39 is 5.60 Å². The summed E-state index contributed by atoms with van der Waals surface area (Å²) in [5.74, 6) is 0. The normalized spacial score (nSPS) is 34.9. The van der Waals surface area contributed by atoms with Crippen molar-refractivity contribution in [3.05, 3.63) is 0 Å². The Hall–Kier alpha value is -0.160. The first-order valence-electron chi connectivity index (χ1n) is 6.47. The predicted molar refractivity (Wildman–Crippen MR) is 63.2 cm³/mol. The Labute approximate surface area is 97.5 Å². The van der Waals surface area contributed by atoms with Gasteiger partial charge in [-0.2, -0.15) is 0 Å². The van der Waals surface area contributed by atoms with E-state index in [1.54, 1.807) is 0 Å². The average molecular weight is 228 g/mol. The van der Waals surface area contributed by atoms with Gasteiger partial charge in [-0.05, 0) is 19.3 Å². The van der Waals surface area contributed by atoms with Gasteiger partial charge in [0.25, 0.3) is 0 Å². The van der Waals surface area contributed by atoms with Gasteiger partial charge in [0.15, 0.2) is 0 Å². The van der Waals surface area contributed by atoms with Crippen LogP contribution in [0.4, 0.5) is 0 Å². The zero-order chi connectivity index (χ0) is 11.4. The fourth-order valence-corrected chi connectivity index (χ4v) is 2.68. The van der Waals surface area contributed by atoms with Gasteiger partial charge in [0.2, 0.25) is 0 Å². The van der Waals surface area contributed by atoms with Crippen molar-refractivity contribution in [2.24, 2.45) is 5.73 Å². The fourth-order valence-electron chi connectivity index (χ4n) is 2.68. The molecule has 1 aliphatic heterocycles. The van der Waals surface area contributed by atoms with Crippen LogP contribution < -0.4 is 11.1 Å². The lowest BCUT2D eigenvalue weighted by Crippen LogP contribution is -2.49. The minimum absolute atomic E-state index is 0.343. The molecule has 16 heavy (non-hydrogen) atoms. The standard InChI is InChI=1S/C12H24N2O2/c13-10-2-1-3-11(8-10)14-9-12(15)4-6-16-7-5-12/h10-11,14-15H,1-9,13H2. The molecule has 0 radical (unpaired) electrons. The molecule has 1 heterocycles. The largest absolute Gasteiger partial charge is 0.388 e. The third-order valence-corrected chi connectivity index (χ3v) is 3.86. The second kappa shape index (κ2) is 5.45. The van der Waals surface area contributed by atoms with Crippen LogP contribution in [-0.4, -0.2) is 42.5 Å². The Balaban J connectivity index is 1.73. The summed E-state index contributed by atoms with van der Waals surface area (Å²) in [7, 11) is 0. The van der Waals surface area contributed by atoms with E-state index in [2.05, 4.69) is 5.32 Å². The van der Waals surface area contributed by atoms with E-state index in [9.17, 15) is 5.11 Å². The number of hydrogen-bond donors (Lipinski definition) is 3. The molecule has 4 heteroatoms. The first-order valence-corrected chi connectivity index (χ1v) is 6.47. The molecule has 4 N–H and O–H groups in total. The van der Waals surface area contributed by atoms with Gasteiger partial charge in [0.1, 0.15) is 0 Å². The molecule has 0 spiro atoms. The summed E-state index contributed by atoms with van der Waals surface area (Å²) >= 11 is 0. The highest BCUT2D eigenvalue weighted by Crippen LogP contribution is 2.21. The third kappa shape index (κ3) is 3.42. The lowest BCUT2D eigenvalue weighted by atomic mass is 9.89. The van der Waals surface area contributed by atoms with E-state index >= 15 is 0 Å². The molecule has 4 nitrogen and oxygen atoms in total. The van der Waals surface area contributed by atoms with Crippen LogP contribution in [0.15, 0.2) is 0 Å². The Morgan fingerprint density at radius 3 is 2.75 bits per heavy atom. The van der Waals surface area contributed by atoms with E-state index in [4.69, 9.17) is 10.5 Å². The molecule has 0 aromatic heterocycles. The number of ether oxygens (including phenoxy) is 1. The van der Waals surface area contributed by atoms with Crippen LogP contribution in [0.3, 0.4) is 0 Å². The SMILES string of the molecule is NC1CCCC(NCC2(O)CCOCC2)C1. The molecule has 1 saturated heterocycles. The highest BCUT2D eigenvalue weighted by Gasteiger charge is 2.30. The minimum atomic E-state index is -0.556. The van der Waals surface area contributed by atoms with Crippen LogP contribution in [0.25, 0.3) is 0 Å². The van der Waals surface area contributed by atoms with E-state index in [0.29, 0.717) is 31.8 Å². The van der Waals surface area contributed by atoms with Gasteiger partial charge in [-0.15, -0.1) is 0 Å². The molecule has 2 atom stereocenters. The Morgan fingerprint density at radius 2 is 2.06 bits per heavy atom. The van der Waals surface area contributed by atoms with Crippen LogP contribution in [0.1, 0.15) is 38.5 Å². The summed E-state index contributed by atoms with van der Waals surface area (Å²) in [6.07, 6.45) is 6.10. The van der Waals surface area contributed by atoms with Crippen LogP contribution >= 0.6 is 0 Å². The molecule has 1 aliphatic carbocycles. The van der Waals surface area contributed by atoms with Gasteiger partial charge >= 0.3 is 0 Å². The van der Waals surface area contributed by atoms with E-state index in [-0.39, 0.29) is 0 Å². The maximum absolute atomic E-state index is 10.3. The summed E-state index contributed by atoms with van der Waals surface area (Å²) in [6, 6.07) is 0.839. The molecule has 2 aliphatic rings. The molecule has 0 aromatic carbocycles. The fraction of sp³-hybridized carbons (Fsp3) is 1.00. The quantitative estimate of drug-likeness (QED) is 0.653. The molecule has 2 fully saturated rings. The van der Waals surface area contributed by atoms with Crippen molar-refractivity contribution in [2.75, 3.05) is 19.8 Å². The summed E-state index contributed by atoms with van der Waals surface area (Å²) in [4.78, 5) is 0. The number of rotatable bonds is 3. The van der Waals surface area contributed by atoms with Gasteiger partial charge in [-0.1, -0.05) is 6.42 Å². The molecule has 1 saturated carbocycles. The first kappa shape index (κ1) is 12.3. The molecule has 0 aromatic rings. The third-order valence-electron chi connectivity index (χ3n) is 3.86. The zero-order valence-electron chi connectivity index (χ0n) is 9.95. The Kier molecular flexibility index (Phi) is 4.19. The van der Waals surface area contributed by atoms with Crippen molar-refractivity contribution in [1.29, 1.82) is 0 Å². The summed E-state index contributed by atoms with van der Waals surface area (Å²) in [6.45, 7) is 2.05. The van der Waals surface area contributed by atoms with Crippen molar-refractivity contribution in [2.45, 2.75) is 56.2 Å². The highest BCUT2D eigenvalue weighted by atomic mass is 16.5. The lowest BCUT2D eigenvalue weighted by molar-refractivity contribution is -0.0632. The van der Waals surface area contributed by atoms with Gasteiger partial charge in [-0.3, -0.25) is 0 Å². The number of nitrogens with one attached hydrogen (secondary N) is 1. The van der Waals surface area contributed by atoms with Crippen LogP contribution in [0.5, 0.6) is 0 Å². The second-order valence-corrected chi connectivity index (χ2v) is 5.34. The topological polar surface area (TPSA) is 67.5 Å². The van der Waals surface area contributed by atoms with E-state index in [1.807, 2.05) is 0 Å². The summed E-state index contributed by atoms with van der Waals surface area (Å²) in [5, 5.41) is 13.8. The van der Waals surface area contributed by atoms with Gasteiger partial charge in [0.05, 0.1) is 5.60 Å². The molecule has 0 amide bonds. The van der Waals surface area contributed by atoms with Gasteiger partial charge < -0.3 is 20.9 Å². The smallest absolute Gasteiger partial charge is 0.0815 e.